The van der Waals surface area contributed by atoms with Gasteiger partial charge in [-0.15, -0.1) is 0 Å². The van der Waals surface area contributed by atoms with E-state index in [0.29, 0.717) is 24.7 Å². The standard InChI is InChI=1S/C14H19ClN2O2/c1-3-14(19)8-17(9-14)7-13(18)16-12-6-4-5-11(15)10(12)2/h4-6,19H,3,7-9H2,1-2H3,(H,16,18). The summed E-state index contributed by atoms with van der Waals surface area (Å²) in [5.41, 5.74) is 1.00. The number of β-amino-alcohol motifs (C(OH)–C–C–N with tert-alkyl or cyclic N) is 1. The molecule has 0 spiro atoms. The maximum atomic E-state index is 11.9. The Hall–Kier alpha value is -1.10. The quantitative estimate of drug-likeness (QED) is 0.889. The van der Waals surface area contributed by atoms with Gasteiger partial charge in [-0.1, -0.05) is 24.6 Å². The van der Waals surface area contributed by atoms with Gasteiger partial charge in [0.25, 0.3) is 0 Å². The third-order valence-corrected chi connectivity index (χ3v) is 4.01. The number of nitrogens with one attached hydrogen (secondary N) is 1. The molecule has 2 rings (SSSR count). The van der Waals surface area contributed by atoms with Crippen LogP contribution in [0.5, 0.6) is 0 Å². The molecule has 0 bridgehead atoms. The van der Waals surface area contributed by atoms with Gasteiger partial charge in [0, 0.05) is 23.8 Å². The number of halogens is 1. The van der Waals surface area contributed by atoms with E-state index in [1.165, 1.54) is 0 Å². The van der Waals surface area contributed by atoms with E-state index in [0.717, 1.165) is 17.7 Å². The average molecular weight is 283 g/mol. The summed E-state index contributed by atoms with van der Waals surface area (Å²) in [5.74, 6) is -0.0801. The summed E-state index contributed by atoms with van der Waals surface area (Å²) < 4.78 is 0. The second-order valence-corrected chi connectivity index (χ2v) is 5.59. The summed E-state index contributed by atoms with van der Waals surface area (Å²) in [6, 6.07) is 5.44. The maximum absolute atomic E-state index is 11.9. The van der Waals surface area contributed by atoms with Crippen LogP contribution in [0.4, 0.5) is 5.69 Å². The van der Waals surface area contributed by atoms with E-state index in [9.17, 15) is 9.90 Å². The fourth-order valence-electron chi connectivity index (χ4n) is 2.26. The molecule has 19 heavy (non-hydrogen) atoms. The Morgan fingerprint density at radius 2 is 2.21 bits per heavy atom. The van der Waals surface area contributed by atoms with E-state index in [1.807, 2.05) is 30.9 Å². The second kappa shape index (κ2) is 5.49. The van der Waals surface area contributed by atoms with Crippen LogP contribution in [0.25, 0.3) is 0 Å². The van der Waals surface area contributed by atoms with Crippen molar-refractivity contribution < 1.29 is 9.90 Å². The average Bonchev–Trinajstić information content (AvgIpc) is 2.33. The molecule has 0 aromatic heterocycles. The van der Waals surface area contributed by atoms with E-state index in [2.05, 4.69) is 5.32 Å². The Morgan fingerprint density at radius 3 is 2.84 bits per heavy atom. The fraction of sp³-hybridized carbons (Fsp3) is 0.500. The van der Waals surface area contributed by atoms with Gasteiger partial charge in [0.15, 0.2) is 0 Å². The molecule has 1 heterocycles. The van der Waals surface area contributed by atoms with Crippen molar-refractivity contribution in [2.75, 3.05) is 25.0 Å². The van der Waals surface area contributed by atoms with Crippen molar-refractivity contribution in [2.45, 2.75) is 25.9 Å². The first-order valence-corrected chi connectivity index (χ1v) is 6.81. The minimum absolute atomic E-state index is 0.0801. The Labute approximate surface area is 118 Å². The molecule has 1 amide bonds. The molecular weight excluding hydrogens is 264 g/mol. The second-order valence-electron chi connectivity index (χ2n) is 5.18. The molecule has 1 aromatic rings. The Kier molecular flexibility index (Phi) is 4.13. The van der Waals surface area contributed by atoms with Gasteiger partial charge in [-0.2, -0.15) is 0 Å². The summed E-state index contributed by atoms with van der Waals surface area (Å²) in [5, 5.41) is 13.4. The predicted octanol–water partition coefficient (Wildman–Crippen LogP) is 2.04. The van der Waals surface area contributed by atoms with Crippen molar-refractivity contribution in [3.05, 3.63) is 28.8 Å². The van der Waals surface area contributed by atoms with E-state index in [-0.39, 0.29) is 5.91 Å². The zero-order chi connectivity index (χ0) is 14.0. The van der Waals surface area contributed by atoms with Crippen LogP contribution in [0.15, 0.2) is 18.2 Å². The van der Waals surface area contributed by atoms with Crippen molar-refractivity contribution >= 4 is 23.2 Å². The zero-order valence-corrected chi connectivity index (χ0v) is 12.0. The third-order valence-electron chi connectivity index (χ3n) is 3.60. The molecule has 0 radical (unpaired) electrons. The summed E-state index contributed by atoms with van der Waals surface area (Å²) in [6.07, 6.45) is 0.721. The molecule has 1 aromatic carbocycles. The molecule has 1 aliphatic rings. The number of hydrogen-bond donors (Lipinski definition) is 2. The smallest absolute Gasteiger partial charge is 0.238 e. The summed E-state index contributed by atoms with van der Waals surface area (Å²) >= 11 is 6.00. The number of rotatable bonds is 4. The van der Waals surface area contributed by atoms with Gasteiger partial charge in [-0.05, 0) is 31.0 Å². The minimum Gasteiger partial charge on any atom is -0.387 e. The molecule has 0 saturated carbocycles. The summed E-state index contributed by atoms with van der Waals surface area (Å²) in [6.45, 7) is 5.25. The summed E-state index contributed by atoms with van der Waals surface area (Å²) in [7, 11) is 0. The molecule has 1 fully saturated rings. The number of anilines is 1. The van der Waals surface area contributed by atoms with Gasteiger partial charge >= 0.3 is 0 Å². The fourth-order valence-corrected chi connectivity index (χ4v) is 2.43. The summed E-state index contributed by atoms with van der Waals surface area (Å²) in [4.78, 5) is 13.8. The SMILES string of the molecule is CCC1(O)CN(CC(=O)Nc2cccc(Cl)c2C)C1. The first kappa shape index (κ1) is 14.3. The molecule has 1 aliphatic heterocycles. The number of benzene rings is 1. The topological polar surface area (TPSA) is 52.6 Å². The highest BCUT2D eigenvalue weighted by Crippen LogP contribution is 2.25. The predicted molar refractivity (Wildman–Crippen MR) is 76.5 cm³/mol. The molecule has 0 atom stereocenters. The molecule has 4 nitrogen and oxygen atoms in total. The Bertz CT molecular complexity index is 484. The van der Waals surface area contributed by atoms with Crippen molar-refractivity contribution in [1.82, 2.24) is 4.90 Å². The van der Waals surface area contributed by atoms with Gasteiger partial charge in [-0.25, -0.2) is 0 Å². The lowest BCUT2D eigenvalue weighted by atomic mass is 9.91. The van der Waals surface area contributed by atoms with Crippen molar-refractivity contribution in [3.63, 3.8) is 0 Å². The number of carbonyl (C=O) groups excluding carboxylic acids is 1. The lowest BCUT2D eigenvalue weighted by molar-refractivity contribution is -0.128. The van der Waals surface area contributed by atoms with Crippen LogP contribution in [-0.2, 0) is 4.79 Å². The third kappa shape index (κ3) is 3.26. The highest BCUT2D eigenvalue weighted by atomic mass is 35.5. The van der Waals surface area contributed by atoms with Gasteiger partial charge in [0.1, 0.15) is 0 Å². The lowest BCUT2D eigenvalue weighted by Gasteiger charge is -2.45. The van der Waals surface area contributed by atoms with Crippen molar-refractivity contribution in [3.8, 4) is 0 Å². The van der Waals surface area contributed by atoms with E-state index in [1.54, 1.807) is 6.07 Å². The van der Waals surface area contributed by atoms with Crippen LogP contribution < -0.4 is 5.32 Å². The Morgan fingerprint density at radius 1 is 1.53 bits per heavy atom. The molecule has 104 valence electrons. The molecule has 1 saturated heterocycles. The van der Waals surface area contributed by atoms with Gasteiger partial charge in [-0.3, -0.25) is 9.69 Å². The highest BCUT2D eigenvalue weighted by molar-refractivity contribution is 6.31. The number of carbonyl (C=O) groups is 1. The highest BCUT2D eigenvalue weighted by Gasteiger charge is 2.39. The molecule has 0 aliphatic carbocycles. The largest absolute Gasteiger partial charge is 0.387 e. The van der Waals surface area contributed by atoms with Gasteiger partial charge in [0.05, 0.1) is 12.1 Å². The normalized spacial score (nSPS) is 17.9. The van der Waals surface area contributed by atoms with E-state index >= 15 is 0 Å². The van der Waals surface area contributed by atoms with Crippen molar-refractivity contribution in [1.29, 1.82) is 0 Å². The number of aliphatic hydroxyl groups is 1. The number of likely N-dealkylation sites (tertiary alicyclic amines) is 1. The Balaban J connectivity index is 1.87. The first-order chi connectivity index (χ1) is 8.93. The number of amides is 1. The van der Waals surface area contributed by atoms with Gasteiger partial charge in [0.2, 0.25) is 5.91 Å². The van der Waals surface area contributed by atoms with Crippen LogP contribution >= 0.6 is 11.6 Å². The molecule has 2 N–H and O–H groups in total. The van der Waals surface area contributed by atoms with Crippen LogP contribution in [0.2, 0.25) is 5.02 Å². The first-order valence-electron chi connectivity index (χ1n) is 6.43. The van der Waals surface area contributed by atoms with Crippen LogP contribution in [0, 0.1) is 6.92 Å². The van der Waals surface area contributed by atoms with Crippen LogP contribution in [-0.4, -0.2) is 41.1 Å². The lowest BCUT2D eigenvalue weighted by Crippen LogP contribution is -2.62. The monoisotopic (exact) mass is 282 g/mol. The maximum Gasteiger partial charge on any atom is 0.238 e. The van der Waals surface area contributed by atoms with E-state index < -0.39 is 5.60 Å². The zero-order valence-electron chi connectivity index (χ0n) is 11.2. The number of nitrogens with zero attached hydrogens (tertiary/aromatic N) is 1. The molecule has 5 heteroatoms. The molecular formula is C14H19ClN2O2. The minimum atomic E-state index is -0.605. The van der Waals surface area contributed by atoms with Crippen molar-refractivity contribution in [2.24, 2.45) is 0 Å². The van der Waals surface area contributed by atoms with E-state index in [4.69, 9.17) is 11.6 Å². The van der Waals surface area contributed by atoms with Crippen LogP contribution in [0.1, 0.15) is 18.9 Å². The van der Waals surface area contributed by atoms with Crippen LogP contribution in [0.3, 0.4) is 0 Å². The number of hydrogen-bond acceptors (Lipinski definition) is 3. The van der Waals surface area contributed by atoms with Gasteiger partial charge < -0.3 is 10.4 Å². The molecule has 0 unspecified atom stereocenters.